The van der Waals surface area contributed by atoms with Gasteiger partial charge in [0, 0.05) is 12.8 Å². The summed E-state index contributed by atoms with van der Waals surface area (Å²) in [6.07, 6.45) is -3.16. The molecule has 4 rings (SSSR count). The molecule has 2 aromatic heterocycles. The molecule has 1 aromatic carbocycles. The standard InChI is InChI=1S/C28H33N6O10P/c1-5-21(35)41-24-23(19-12-13-20-26(30)31-16-32-34(19)20)43-28(14-29,25(24)42-22(36)6-2)15-40-45(38,33-17(3)27(37)39-4)44-18-10-8-7-9-11-18/h7-13,16-17,23-25H,5-6,15H2,1-4H3,(H,33,38)(H2,30,31,32)/t17?,23-,24-,25-,28+,45-/m0/s1. The van der Waals surface area contributed by atoms with E-state index in [0.29, 0.717) is 5.52 Å². The summed E-state index contributed by atoms with van der Waals surface area (Å²) < 4.78 is 49.3. The van der Waals surface area contributed by atoms with Crippen molar-refractivity contribution in [2.24, 2.45) is 0 Å². The molecule has 0 aliphatic carbocycles. The number of carbonyl (C=O) groups excluding carboxylic acids is 3. The zero-order valence-electron chi connectivity index (χ0n) is 24.9. The molecular weight excluding hydrogens is 611 g/mol. The van der Waals surface area contributed by atoms with Crippen LogP contribution in [0.5, 0.6) is 5.75 Å². The Balaban J connectivity index is 1.78. The summed E-state index contributed by atoms with van der Waals surface area (Å²) in [5.74, 6) is -1.94. The fourth-order valence-electron chi connectivity index (χ4n) is 4.54. The van der Waals surface area contributed by atoms with Crippen LogP contribution in [0.15, 0.2) is 48.8 Å². The number of ether oxygens (including phenoxy) is 4. The maximum Gasteiger partial charge on any atom is 0.459 e. The summed E-state index contributed by atoms with van der Waals surface area (Å²) in [6.45, 7) is 3.63. The molecule has 1 aliphatic rings. The smallest absolute Gasteiger partial charge is 0.459 e. The molecule has 45 heavy (non-hydrogen) atoms. The molecule has 0 amide bonds. The molecule has 0 saturated carbocycles. The van der Waals surface area contributed by atoms with Gasteiger partial charge in [-0.25, -0.2) is 14.1 Å². The molecule has 3 heterocycles. The molecule has 16 nitrogen and oxygen atoms in total. The maximum absolute atomic E-state index is 14.1. The predicted octanol–water partition coefficient (Wildman–Crippen LogP) is 2.64. The van der Waals surface area contributed by atoms with Crippen molar-refractivity contribution in [2.75, 3.05) is 19.5 Å². The summed E-state index contributed by atoms with van der Waals surface area (Å²) in [5, 5.41) is 17.3. The average molecular weight is 645 g/mol. The van der Waals surface area contributed by atoms with E-state index in [1.165, 1.54) is 36.8 Å². The predicted molar refractivity (Wildman–Crippen MR) is 155 cm³/mol. The van der Waals surface area contributed by atoms with E-state index in [1.54, 1.807) is 37.3 Å². The monoisotopic (exact) mass is 644 g/mol. The average Bonchev–Trinajstić information content (AvgIpc) is 3.60. The second-order valence-electron chi connectivity index (χ2n) is 9.86. The molecular formula is C28H33N6O10P. The van der Waals surface area contributed by atoms with E-state index < -0.39 is 62.2 Å². The number of para-hydroxylation sites is 1. The van der Waals surface area contributed by atoms with Crippen LogP contribution < -0.4 is 15.3 Å². The number of nitrogens with one attached hydrogen (secondary N) is 1. The Morgan fingerprint density at radius 3 is 2.49 bits per heavy atom. The number of esters is 3. The number of methoxy groups -OCH3 is 1. The van der Waals surface area contributed by atoms with Crippen molar-refractivity contribution in [3.63, 3.8) is 0 Å². The topological polar surface area (TPSA) is 216 Å². The van der Waals surface area contributed by atoms with Gasteiger partial charge in [0.05, 0.1) is 12.8 Å². The summed E-state index contributed by atoms with van der Waals surface area (Å²) in [5.41, 5.74) is 4.46. The Hall–Kier alpha value is -4.55. The quantitative estimate of drug-likeness (QED) is 0.155. The molecule has 1 unspecified atom stereocenters. The highest BCUT2D eigenvalue weighted by molar-refractivity contribution is 7.52. The molecule has 240 valence electrons. The van der Waals surface area contributed by atoms with Crippen molar-refractivity contribution in [3.05, 3.63) is 54.5 Å². The van der Waals surface area contributed by atoms with Crippen molar-refractivity contribution in [1.82, 2.24) is 19.7 Å². The van der Waals surface area contributed by atoms with E-state index >= 15 is 0 Å². The number of hydrogen-bond acceptors (Lipinski definition) is 14. The minimum atomic E-state index is -4.49. The van der Waals surface area contributed by atoms with Crippen LogP contribution >= 0.6 is 7.75 Å². The fraction of sp³-hybridized carbons (Fsp3) is 0.429. The van der Waals surface area contributed by atoms with Crippen LogP contribution in [0, 0.1) is 11.3 Å². The zero-order chi connectivity index (χ0) is 32.8. The van der Waals surface area contributed by atoms with Gasteiger partial charge in [-0.1, -0.05) is 32.0 Å². The minimum absolute atomic E-state index is 0.0484. The molecule has 0 radical (unpaired) electrons. The van der Waals surface area contributed by atoms with Gasteiger partial charge in [-0.2, -0.15) is 15.4 Å². The van der Waals surface area contributed by atoms with Gasteiger partial charge in [-0.3, -0.25) is 18.9 Å². The van der Waals surface area contributed by atoms with E-state index in [9.17, 15) is 24.2 Å². The molecule has 3 N–H and O–H groups in total. The highest BCUT2D eigenvalue weighted by Gasteiger charge is 2.62. The SMILES string of the molecule is CCC(=O)O[C@H]1[C@H](c2ccc3c(N)ncnn23)O[C@](C#N)(CO[P@@](=O)(NC(C)C(=O)OC)Oc2ccccc2)[C@H]1OC(=O)CC. The fourth-order valence-corrected chi connectivity index (χ4v) is 6.06. The second kappa shape index (κ2) is 14.0. The van der Waals surface area contributed by atoms with Crippen molar-refractivity contribution in [1.29, 1.82) is 5.26 Å². The van der Waals surface area contributed by atoms with Crippen LogP contribution in [0.2, 0.25) is 0 Å². The number of nitriles is 1. The maximum atomic E-state index is 14.1. The van der Waals surface area contributed by atoms with Gasteiger partial charge in [0.1, 0.15) is 42.4 Å². The van der Waals surface area contributed by atoms with E-state index in [4.69, 9.17) is 33.7 Å². The Morgan fingerprint density at radius 2 is 1.84 bits per heavy atom. The molecule has 1 saturated heterocycles. The van der Waals surface area contributed by atoms with Crippen LogP contribution in [-0.2, 0) is 42.4 Å². The van der Waals surface area contributed by atoms with E-state index in [-0.39, 0.29) is 30.1 Å². The van der Waals surface area contributed by atoms with Gasteiger partial charge in [0.25, 0.3) is 0 Å². The van der Waals surface area contributed by atoms with E-state index in [0.717, 1.165) is 7.11 Å². The Bertz CT molecular complexity index is 1630. The van der Waals surface area contributed by atoms with Gasteiger partial charge in [0.2, 0.25) is 5.60 Å². The largest absolute Gasteiger partial charge is 0.468 e. The van der Waals surface area contributed by atoms with Crippen molar-refractivity contribution in [2.45, 2.75) is 63.6 Å². The first-order valence-electron chi connectivity index (χ1n) is 13.9. The Morgan fingerprint density at radius 1 is 1.16 bits per heavy atom. The molecule has 0 spiro atoms. The highest BCUT2D eigenvalue weighted by atomic mass is 31.2. The number of nitrogen functional groups attached to an aromatic ring is 1. The summed E-state index contributed by atoms with van der Waals surface area (Å²) >= 11 is 0. The third-order valence-corrected chi connectivity index (χ3v) is 8.44. The lowest BCUT2D eigenvalue weighted by Crippen LogP contribution is -2.49. The molecule has 0 bridgehead atoms. The molecule has 6 atom stereocenters. The summed E-state index contributed by atoms with van der Waals surface area (Å²) in [7, 11) is -3.34. The first kappa shape index (κ1) is 33.3. The van der Waals surface area contributed by atoms with E-state index in [1.807, 2.05) is 6.07 Å². The number of nitrogens with two attached hydrogens (primary N) is 1. The Kier molecular flexibility index (Phi) is 10.4. The number of benzene rings is 1. The first-order valence-corrected chi connectivity index (χ1v) is 15.4. The number of fused-ring (bicyclic) bond motifs is 1. The van der Waals surface area contributed by atoms with Gasteiger partial charge in [0.15, 0.2) is 18.0 Å². The number of nitrogens with zero attached hydrogens (tertiary/aromatic N) is 4. The number of hydrogen-bond donors (Lipinski definition) is 2. The molecule has 1 aliphatic heterocycles. The molecule has 1 fully saturated rings. The normalized spacial score (nSPS) is 23.0. The first-order chi connectivity index (χ1) is 21.5. The van der Waals surface area contributed by atoms with Gasteiger partial charge in [-0.15, -0.1) is 0 Å². The lowest BCUT2D eigenvalue weighted by Gasteiger charge is -2.30. The third kappa shape index (κ3) is 7.23. The number of anilines is 1. The van der Waals surface area contributed by atoms with Crippen LogP contribution in [-0.4, -0.2) is 70.1 Å². The second-order valence-corrected chi connectivity index (χ2v) is 11.6. The molecule has 3 aromatic rings. The van der Waals surface area contributed by atoms with E-state index in [2.05, 4.69) is 15.2 Å². The summed E-state index contributed by atoms with van der Waals surface area (Å²) in [6, 6.07) is 11.9. The van der Waals surface area contributed by atoms with Crippen LogP contribution in [0.25, 0.3) is 5.52 Å². The third-order valence-electron chi connectivity index (χ3n) is 6.81. The zero-order valence-corrected chi connectivity index (χ0v) is 25.8. The lowest BCUT2D eigenvalue weighted by molar-refractivity contribution is -0.169. The number of rotatable bonds is 13. The minimum Gasteiger partial charge on any atom is -0.468 e. The van der Waals surface area contributed by atoms with Crippen LogP contribution in [0.3, 0.4) is 0 Å². The van der Waals surface area contributed by atoms with Crippen molar-refractivity contribution < 1.29 is 46.9 Å². The van der Waals surface area contributed by atoms with Gasteiger partial charge in [-0.05, 0) is 31.2 Å². The van der Waals surface area contributed by atoms with Crippen molar-refractivity contribution in [3.8, 4) is 11.8 Å². The Labute approximate surface area is 258 Å². The van der Waals surface area contributed by atoms with Gasteiger partial charge >= 0.3 is 25.7 Å². The number of carbonyl (C=O) groups is 3. The number of aromatic nitrogens is 3. The van der Waals surface area contributed by atoms with Crippen LogP contribution in [0.4, 0.5) is 5.82 Å². The van der Waals surface area contributed by atoms with Gasteiger partial charge < -0.3 is 29.2 Å². The highest BCUT2D eigenvalue weighted by Crippen LogP contribution is 2.50. The summed E-state index contributed by atoms with van der Waals surface area (Å²) in [4.78, 5) is 41.4. The van der Waals surface area contributed by atoms with Crippen molar-refractivity contribution >= 4 is 37.0 Å². The lowest BCUT2D eigenvalue weighted by atomic mass is 9.95. The molecule has 17 heteroatoms. The van der Waals surface area contributed by atoms with Crippen LogP contribution in [0.1, 0.15) is 45.4 Å².